The number of likely N-dealkylation sites (N-methyl/N-ethyl adjacent to an activating group) is 1. The first kappa shape index (κ1) is 12.6. The highest BCUT2D eigenvalue weighted by Gasteiger charge is 2.12. The fraction of sp³-hybridized carbons (Fsp3) is 0.308. The Morgan fingerprint density at radius 3 is 2.71 bits per heavy atom. The summed E-state index contributed by atoms with van der Waals surface area (Å²) < 4.78 is 0. The van der Waals surface area contributed by atoms with Gasteiger partial charge in [0.05, 0.1) is 11.2 Å². The second-order valence-electron chi connectivity index (χ2n) is 3.99. The van der Waals surface area contributed by atoms with Crippen LogP contribution in [-0.2, 0) is 6.42 Å². The molecule has 0 aliphatic rings. The lowest BCUT2D eigenvalue weighted by Crippen LogP contribution is -2.19. The molecule has 90 valence electrons. The minimum absolute atomic E-state index is 0.444. The summed E-state index contributed by atoms with van der Waals surface area (Å²) in [5.41, 5.74) is 4.34. The summed E-state index contributed by atoms with van der Waals surface area (Å²) in [6.45, 7) is 0.944. The van der Waals surface area contributed by atoms with Crippen LogP contribution in [-0.4, -0.2) is 18.6 Å². The first-order valence-corrected chi connectivity index (χ1v) is 6.89. The molecule has 0 amide bonds. The number of hydrogen-bond acceptors (Lipinski definition) is 3. The third kappa shape index (κ3) is 3.53. The second-order valence-corrected chi connectivity index (χ2v) is 5.15. The van der Waals surface area contributed by atoms with E-state index in [1.165, 1.54) is 5.56 Å². The van der Waals surface area contributed by atoms with Crippen molar-refractivity contribution in [3.8, 4) is 0 Å². The lowest BCUT2D eigenvalue weighted by Gasteiger charge is -2.16. The summed E-state index contributed by atoms with van der Waals surface area (Å²) in [6.07, 6.45) is 0.964. The molecule has 0 bridgehead atoms. The molecular formula is C13H15ClN2S. The highest BCUT2D eigenvalue weighted by atomic mass is 35.5. The summed E-state index contributed by atoms with van der Waals surface area (Å²) >= 11 is 7.55. The highest BCUT2D eigenvalue weighted by Crippen LogP contribution is 2.22. The minimum Gasteiger partial charge on any atom is -0.319 e. The number of hydrogen-bond donors (Lipinski definition) is 1. The number of rotatable bonds is 5. The van der Waals surface area contributed by atoms with E-state index in [0.717, 1.165) is 23.7 Å². The first-order valence-electron chi connectivity index (χ1n) is 5.56. The van der Waals surface area contributed by atoms with Crippen LogP contribution in [0.25, 0.3) is 0 Å². The molecule has 1 unspecified atom stereocenters. The molecule has 1 aromatic heterocycles. The summed E-state index contributed by atoms with van der Waals surface area (Å²) in [6, 6.07) is 8.08. The largest absolute Gasteiger partial charge is 0.319 e. The van der Waals surface area contributed by atoms with Gasteiger partial charge >= 0.3 is 0 Å². The Labute approximate surface area is 111 Å². The van der Waals surface area contributed by atoms with Crippen molar-refractivity contribution in [1.29, 1.82) is 0 Å². The summed E-state index contributed by atoms with van der Waals surface area (Å²) in [4.78, 5) is 4.35. The van der Waals surface area contributed by atoms with Crippen molar-refractivity contribution < 1.29 is 0 Å². The Balaban J connectivity index is 2.13. The van der Waals surface area contributed by atoms with Gasteiger partial charge in [0.1, 0.15) is 0 Å². The Hall–Kier alpha value is -0.900. The number of nitrogens with one attached hydrogen (secondary N) is 1. The van der Waals surface area contributed by atoms with Crippen molar-refractivity contribution in [3.63, 3.8) is 0 Å². The van der Waals surface area contributed by atoms with E-state index in [2.05, 4.69) is 27.8 Å². The fourth-order valence-electron chi connectivity index (χ4n) is 1.88. The Morgan fingerprint density at radius 2 is 2.12 bits per heavy atom. The van der Waals surface area contributed by atoms with E-state index in [9.17, 15) is 0 Å². The minimum atomic E-state index is 0.444. The maximum Gasteiger partial charge on any atom is 0.0794 e. The average Bonchev–Trinajstić information content (AvgIpc) is 2.82. The van der Waals surface area contributed by atoms with E-state index in [0.29, 0.717) is 5.92 Å². The van der Waals surface area contributed by atoms with Gasteiger partial charge in [-0.1, -0.05) is 23.7 Å². The van der Waals surface area contributed by atoms with E-state index < -0.39 is 0 Å². The van der Waals surface area contributed by atoms with Crippen molar-refractivity contribution in [2.75, 3.05) is 13.6 Å². The molecule has 4 heteroatoms. The smallest absolute Gasteiger partial charge is 0.0794 e. The third-order valence-corrected chi connectivity index (χ3v) is 3.62. The van der Waals surface area contributed by atoms with Crippen molar-refractivity contribution >= 4 is 22.9 Å². The van der Waals surface area contributed by atoms with E-state index in [1.807, 2.05) is 24.7 Å². The zero-order valence-electron chi connectivity index (χ0n) is 9.69. The monoisotopic (exact) mass is 266 g/mol. The fourth-order valence-corrected chi connectivity index (χ4v) is 2.58. The number of benzene rings is 1. The molecule has 0 saturated carbocycles. The Kier molecular flexibility index (Phi) is 4.54. The van der Waals surface area contributed by atoms with Gasteiger partial charge in [-0.15, -0.1) is 11.3 Å². The van der Waals surface area contributed by atoms with Crippen LogP contribution in [0.4, 0.5) is 0 Å². The molecule has 1 aromatic carbocycles. The van der Waals surface area contributed by atoms with Crippen LogP contribution in [0, 0.1) is 0 Å². The SMILES string of the molecule is CNCC(Cc1cscn1)c1ccc(Cl)cc1. The molecule has 2 nitrogen and oxygen atoms in total. The van der Waals surface area contributed by atoms with Gasteiger partial charge in [0.2, 0.25) is 0 Å². The van der Waals surface area contributed by atoms with Gasteiger partial charge in [-0.05, 0) is 31.2 Å². The molecule has 0 fully saturated rings. The van der Waals surface area contributed by atoms with Crippen LogP contribution in [0.15, 0.2) is 35.2 Å². The lowest BCUT2D eigenvalue weighted by atomic mass is 9.94. The van der Waals surface area contributed by atoms with Crippen LogP contribution in [0.5, 0.6) is 0 Å². The van der Waals surface area contributed by atoms with Crippen LogP contribution in [0.1, 0.15) is 17.2 Å². The molecular weight excluding hydrogens is 252 g/mol. The van der Waals surface area contributed by atoms with Crippen LogP contribution >= 0.6 is 22.9 Å². The maximum atomic E-state index is 5.91. The Bertz CT molecular complexity index is 439. The summed E-state index contributed by atoms with van der Waals surface area (Å²) in [5.74, 6) is 0.444. The zero-order valence-corrected chi connectivity index (χ0v) is 11.3. The molecule has 1 atom stereocenters. The zero-order chi connectivity index (χ0) is 12.1. The van der Waals surface area contributed by atoms with E-state index >= 15 is 0 Å². The van der Waals surface area contributed by atoms with Crippen molar-refractivity contribution in [3.05, 3.63) is 51.4 Å². The number of halogens is 1. The molecule has 0 radical (unpaired) electrons. The number of nitrogens with zero attached hydrogens (tertiary/aromatic N) is 1. The number of aromatic nitrogens is 1. The standard InChI is InChI=1S/C13H15ClN2S/c1-15-7-11(6-13-8-17-9-16-13)10-2-4-12(14)5-3-10/h2-5,8-9,11,15H,6-7H2,1H3. The third-order valence-electron chi connectivity index (χ3n) is 2.73. The quantitative estimate of drug-likeness (QED) is 0.898. The topological polar surface area (TPSA) is 24.9 Å². The molecule has 1 N–H and O–H groups in total. The van der Waals surface area contributed by atoms with Gasteiger partial charge in [-0.2, -0.15) is 0 Å². The molecule has 0 saturated heterocycles. The summed E-state index contributed by atoms with van der Waals surface area (Å²) in [5, 5.41) is 6.13. The lowest BCUT2D eigenvalue weighted by molar-refractivity contribution is 0.620. The van der Waals surface area contributed by atoms with E-state index in [4.69, 9.17) is 11.6 Å². The predicted molar refractivity (Wildman–Crippen MR) is 73.9 cm³/mol. The van der Waals surface area contributed by atoms with Crippen molar-refractivity contribution in [2.24, 2.45) is 0 Å². The van der Waals surface area contributed by atoms with Gasteiger partial charge in [0, 0.05) is 22.9 Å². The molecule has 0 aliphatic carbocycles. The van der Waals surface area contributed by atoms with Crippen LogP contribution in [0.3, 0.4) is 0 Å². The van der Waals surface area contributed by atoms with Gasteiger partial charge in [0.25, 0.3) is 0 Å². The molecule has 1 heterocycles. The van der Waals surface area contributed by atoms with Gasteiger partial charge < -0.3 is 5.32 Å². The number of thiazole rings is 1. The molecule has 0 spiro atoms. The second kappa shape index (κ2) is 6.15. The van der Waals surface area contributed by atoms with E-state index in [1.54, 1.807) is 11.3 Å². The normalized spacial score (nSPS) is 12.6. The summed E-state index contributed by atoms with van der Waals surface area (Å²) in [7, 11) is 1.98. The van der Waals surface area contributed by atoms with Gasteiger partial charge in [-0.3, -0.25) is 0 Å². The first-order chi connectivity index (χ1) is 8.29. The predicted octanol–water partition coefficient (Wildman–Crippen LogP) is 3.34. The Morgan fingerprint density at radius 1 is 1.35 bits per heavy atom. The van der Waals surface area contributed by atoms with Crippen LogP contribution < -0.4 is 5.32 Å². The van der Waals surface area contributed by atoms with E-state index in [-0.39, 0.29) is 0 Å². The maximum absolute atomic E-state index is 5.91. The van der Waals surface area contributed by atoms with Crippen molar-refractivity contribution in [2.45, 2.75) is 12.3 Å². The molecule has 0 aliphatic heterocycles. The van der Waals surface area contributed by atoms with Gasteiger partial charge in [-0.25, -0.2) is 4.98 Å². The van der Waals surface area contributed by atoms with Crippen LogP contribution in [0.2, 0.25) is 5.02 Å². The molecule has 2 aromatic rings. The average molecular weight is 267 g/mol. The molecule has 17 heavy (non-hydrogen) atoms. The van der Waals surface area contributed by atoms with Gasteiger partial charge in [0.15, 0.2) is 0 Å². The van der Waals surface area contributed by atoms with Crippen molar-refractivity contribution in [1.82, 2.24) is 10.3 Å². The molecule has 2 rings (SSSR count). The highest BCUT2D eigenvalue weighted by molar-refractivity contribution is 7.07.